The van der Waals surface area contributed by atoms with E-state index in [1.54, 1.807) is 37.4 Å². The zero-order chi connectivity index (χ0) is 15.2. The first-order chi connectivity index (χ1) is 10.1. The van der Waals surface area contributed by atoms with Gasteiger partial charge in [0, 0.05) is 18.3 Å². The number of rotatable bonds is 3. The van der Waals surface area contributed by atoms with Crippen LogP contribution in [0, 0.1) is 0 Å². The normalized spacial score (nSPS) is 9.76. The molecule has 1 aromatic carbocycles. The van der Waals surface area contributed by atoms with Crippen molar-refractivity contribution >= 4 is 34.8 Å². The average molecular weight is 303 g/mol. The number of anilines is 1. The summed E-state index contributed by atoms with van der Waals surface area (Å²) in [6.45, 7) is 0. The third-order valence-electron chi connectivity index (χ3n) is 2.60. The molecule has 0 fully saturated rings. The number of amides is 2. The molecule has 0 saturated carbocycles. The van der Waals surface area contributed by atoms with Gasteiger partial charge in [-0.3, -0.25) is 14.9 Å². The van der Waals surface area contributed by atoms with E-state index < -0.39 is 5.91 Å². The maximum Gasteiger partial charge on any atom is 0.293 e. The van der Waals surface area contributed by atoms with Gasteiger partial charge < -0.3 is 15.1 Å². The predicted octanol–water partition coefficient (Wildman–Crippen LogP) is 1.77. The number of carbonyl (C=O) groups is 2. The van der Waals surface area contributed by atoms with Gasteiger partial charge in [-0.1, -0.05) is 0 Å². The lowest BCUT2D eigenvalue weighted by atomic mass is 10.2. The van der Waals surface area contributed by atoms with Gasteiger partial charge in [-0.25, -0.2) is 0 Å². The second-order valence-corrected chi connectivity index (χ2v) is 4.45. The highest BCUT2D eigenvalue weighted by atomic mass is 32.1. The Kier molecular flexibility index (Phi) is 4.68. The van der Waals surface area contributed by atoms with E-state index in [1.165, 1.54) is 12.3 Å². The Morgan fingerprint density at radius 3 is 2.38 bits per heavy atom. The second kappa shape index (κ2) is 6.67. The molecule has 0 aliphatic carbocycles. The van der Waals surface area contributed by atoms with Crippen molar-refractivity contribution in [1.82, 2.24) is 10.6 Å². The van der Waals surface area contributed by atoms with Gasteiger partial charge in [-0.05, 0) is 48.6 Å². The number of benzene rings is 1. The van der Waals surface area contributed by atoms with E-state index in [9.17, 15) is 9.59 Å². The smallest absolute Gasteiger partial charge is 0.293 e. The molecule has 7 heteroatoms. The first-order valence-electron chi connectivity index (χ1n) is 6.08. The van der Waals surface area contributed by atoms with E-state index >= 15 is 0 Å². The Balaban J connectivity index is 1.93. The summed E-state index contributed by atoms with van der Waals surface area (Å²) in [5.41, 5.74) is 1.20. The van der Waals surface area contributed by atoms with Crippen LogP contribution in [0.5, 0.6) is 0 Å². The maximum absolute atomic E-state index is 11.7. The van der Waals surface area contributed by atoms with E-state index in [0.29, 0.717) is 11.3 Å². The molecule has 0 bridgehead atoms. The number of thiocarbonyl (C=S) groups is 1. The predicted molar refractivity (Wildman–Crippen MR) is 82.2 cm³/mol. The Morgan fingerprint density at radius 1 is 1.10 bits per heavy atom. The van der Waals surface area contributed by atoms with Gasteiger partial charge in [0.2, 0.25) is 0 Å². The Hall–Kier alpha value is -2.67. The van der Waals surface area contributed by atoms with Gasteiger partial charge >= 0.3 is 0 Å². The summed E-state index contributed by atoms with van der Waals surface area (Å²) in [6, 6.07) is 9.83. The molecule has 2 aromatic rings. The van der Waals surface area contributed by atoms with Gasteiger partial charge in [0.25, 0.3) is 11.8 Å². The van der Waals surface area contributed by atoms with Crippen LogP contribution in [0.3, 0.4) is 0 Å². The van der Waals surface area contributed by atoms with Crippen molar-refractivity contribution in [3.8, 4) is 0 Å². The van der Waals surface area contributed by atoms with Crippen molar-refractivity contribution in [3.05, 3.63) is 54.0 Å². The minimum Gasteiger partial charge on any atom is -0.459 e. The number of hydrogen-bond donors (Lipinski definition) is 3. The highest BCUT2D eigenvalue weighted by Gasteiger charge is 2.10. The van der Waals surface area contributed by atoms with Gasteiger partial charge in [0.05, 0.1) is 6.26 Å². The van der Waals surface area contributed by atoms with Crippen LogP contribution >= 0.6 is 12.2 Å². The molecular formula is C14H13N3O3S. The first kappa shape index (κ1) is 14.7. The van der Waals surface area contributed by atoms with Gasteiger partial charge in [-0.2, -0.15) is 0 Å². The van der Waals surface area contributed by atoms with E-state index in [4.69, 9.17) is 16.6 Å². The van der Waals surface area contributed by atoms with Crippen LogP contribution in [-0.4, -0.2) is 24.0 Å². The number of hydrogen-bond acceptors (Lipinski definition) is 4. The molecule has 108 valence electrons. The first-order valence-corrected chi connectivity index (χ1v) is 6.49. The minimum atomic E-state index is -0.431. The molecule has 0 radical (unpaired) electrons. The minimum absolute atomic E-state index is 0.143. The molecule has 21 heavy (non-hydrogen) atoms. The number of nitrogens with one attached hydrogen (secondary N) is 3. The lowest BCUT2D eigenvalue weighted by Crippen LogP contribution is -2.33. The summed E-state index contributed by atoms with van der Waals surface area (Å²) < 4.78 is 4.96. The topological polar surface area (TPSA) is 83.4 Å². The van der Waals surface area contributed by atoms with Crippen LogP contribution in [0.4, 0.5) is 5.69 Å². The highest BCUT2D eigenvalue weighted by molar-refractivity contribution is 7.80. The molecule has 0 aliphatic rings. The van der Waals surface area contributed by atoms with Crippen LogP contribution in [0.1, 0.15) is 20.9 Å². The van der Waals surface area contributed by atoms with E-state index in [0.717, 1.165) is 0 Å². The quantitative estimate of drug-likeness (QED) is 0.753. The largest absolute Gasteiger partial charge is 0.459 e. The molecule has 0 aliphatic heterocycles. The van der Waals surface area contributed by atoms with Crippen LogP contribution < -0.4 is 16.0 Å². The molecule has 0 unspecified atom stereocenters. The third-order valence-corrected chi connectivity index (χ3v) is 2.81. The molecule has 0 saturated heterocycles. The molecule has 2 amide bonds. The Morgan fingerprint density at radius 2 is 1.81 bits per heavy atom. The molecule has 2 rings (SSSR count). The van der Waals surface area contributed by atoms with Gasteiger partial charge in [0.1, 0.15) is 0 Å². The average Bonchev–Trinajstić information content (AvgIpc) is 3.01. The summed E-state index contributed by atoms with van der Waals surface area (Å²) in [5, 5.41) is 8.01. The molecule has 0 spiro atoms. The van der Waals surface area contributed by atoms with Crippen LogP contribution in [0.25, 0.3) is 0 Å². The zero-order valence-corrected chi connectivity index (χ0v) is 12.0. The Labute approximate surface area is 126 Å². The zero-order valence-electron chi connectivity index (χ0n) is 11.2. The van der Waals surface area contributed by atoms with Crippen molar-refractivity contribution < 1.29 is 14.0 Å². The molecule has 6 nitrogen and oxygen atoms in total. The van der Waals surface area contributed by atoms with Gasteiger partial charge in [-0.15, -0.1) is 0 Å². The summed E-state index contributed by atoms with van der Waals surface area (Å²) in [4.78, 5) is 23.1. The fraction of sp³-hybridized carbons (Fsp3) is 0.0714. The van der Waals surface area contributed by atoms with Crippen LogP contribution in [-0.2, 0) is 0 Å². The summed E-state index contributed by atoms with van der Waals surface area (Å²) in [7, 11) is 1.56. The van der Waals surface area contributed by atoms with Gasteiger partial charge in [0.15, 0.2) is 10.9 Å². The second-order valence-electron chi connectivity index (χ2n) is 4.04. The highest BCUT2D eigenvalue weighted by Crippen LogP contribution is 2.09. The molecule has 1 aromatic heterocycles. The lowest BCUT2D eigenvalue weighted by Gasteiger charge is -2.09. The molecular weight excluding hydrogens is 290 g/mol. The fourth-order valence-electron chi connectivity index (χ4n) is 1.58. The maximum atomic E-state index is 11.7. The van der Waals surface area contributed by atoms with Crippen molar-refractivity contribution in [2.75, 3.05) is 12.4 Å². The van der Waals surface area contributed by atoms with E-state index in [2.05, 4.69) is 16.0 Å². The molecule has 3 N–H and O–H groups in total. The SMILES string of the molecule is CNC(=O)c1ccc(NC(=S)NC(=O)c2ccco2)cc1. The monoisotopic (exact) mass is 303 g/mol. The molecule has 1 heterocycles. The molecule has 0 atom stereocenters. The van der Waals surface area contributed by atoms with Crippen LogP contribution in [0.2, 0.25) is 0 Å². The number of furan rings is 1. The van der Waals surface area contributed by atoms with Crippen molar-refractivity contribution in [2.45, 2.75) is 0 Å². The Bertz CT molecular complexity index is 651. The lowest BCUT2D eigenvalue weighted by molar-refractivity contribution is 0.0947. The summed E-state index contributed by atoms with van der Waals surface area (Å²) in [5.74, 6) is -0.427. The summed E-state index contributed by atoms with van der Waals surface area (Å²) in [6.07, 6.45) is 1.41. The van der Waals surface area contributed by atoms with E-state index in [1.807, 2.05) is 0 Å². The van der Waals surface area contributed by atoms with Crippen molar-refractivity contribution in [1.29, 1.82) is 0 Å². The third kappa shape index (κ3) is 3.90. The van der Waals surface area contributed by atoms with E-state index in [-0.39, 0.29) is 16.8 Å². The van der Waals surface area contributed by atoms with Crippen molar-refractivity contribution in [2.24, 2.45) is 0 Å². The fourth-order valence-corrected chi connectivity index (χ4v) is 1.79. The number of carbonyl (C=O) groups excluding carboxylic acids is 2. The van der Waals surface area contributed by atoms with Crippen LogP contribution in [0.15, 0.2) is 47.1 Å². The van der Waals surface area contributed by atoms with Crippen molar-refractivity contribution in [3.63, 3.8) is 0 Å². The standard InChI is InChI=1S/C14H13N3O3S/c1-15-12(18)9-4-6-10(7-5-9)16-14(21)17-13(19)11-3-2-8-20-11/h2-8H,1H3,(H,15,18)(H2,16,17,19,21). The summed E-state index contributed by atoms with van der Waals surface area (Å²) >= 11 is 5.03.